The Hall–Kier alpha value is -3.83. The van der Waals surface area contributed by atoms with Crippen LogP contribution in [-0.2, 0) is 20.7 Å². The second-order valence-corrected chi connectivity index (χ2v) is 9.10. The first-order chi connectivity index (χ1) is 16.2. The molecule has 0 saturated carbocycles. The van der Waals surface area contributed by atoms with Crippen molar-refractivity contribution in [2.24, 2.45) is 0 Å². The average molecular weight is 485 g/mol. The second kappa shape index (κ2) is 9.57. The first-order valence-corrected chi connectivity index (χ1v) is 12.0. The predicted molar refractivity (Wildman–Crippen MR) is 123 cm³/mol. The lowest BCUT2D eigenvalue weighted by molar-refractivity contribution is 0.315. The molecule has 0 amide bonds. The van der Waals surface area contributed by atoms with E-state index < -0.39 is 27.2 Å². The van der Waals surface area contributed by atoms with Gasteiger partial charge in [0.25, 0.3) is 15.7 Å². The molecule has 0 unspecified atom stereocenters. The van der Waals surface area contributed by atoms with Gasteiger partial charge in [-0.3, -0.25) is 14.0 Å². The molecule has 0 aliphatic rings. The molecule has 176 valence electrons. The Balaban J connectivity index is 1.78. The quantitative estimate of drug-likeness (QED) is 0.301. The standard InChI is InChI=1S/C23H20FN3O6S/c1-34(30,31)32-13-5-8-17-14-27(23(29)26-21(17)28)20-19(15-9-11-18(24)12-10-15)33-22(25-20)16-6-3-2-4-7-16/h2-4,6-7,9-12,14H,5,8,13H2,1H3,(H,26,28,29). The van der Waals surface area contributed by atoms with E-state index >= 15 is 0 Å². The van der Waals surface area contributed by atoms with Gasteiger partial charge in [0.15, 0.2) is 11.6 Å². The van der Waals surface area contributed by atoms with Crippen molar-refractivity contribution >= 4 is 10.1 Å². The minimum atomic E-state index is -3.60. The van der Waals surface area contributed by atoms with Gasteiger partial charge in [-0.05, 0) is 49.2 Å². The lowest BCUT2D eigenvalue weighted by Crippen LogP contribution is -2.31. The van der Waals surface area contributed by atoms with E-state index in [0.29, 0.717) is 11.1 Å². The third-order valence-corrected chi connectivity index (χ3v) is 5.46. The van der Waals surface area contributed by atoms with Crippen LogP contribution in [0.3, 0.4) is 0 Å². The molecule has 0 saturated heterocycles. The summed E-state index contributed by atoms with van der Waals surface area (Å²) in [6, 6.07) is 14.5. The molecular weight excluding hydrogens is 465 g/mol. The van der Waals surface area contributed by atoms with E-state index in [1.54, 1.807) is 24.3 Å². The zero-order valence-electron chi connectivity index (χ0n) is 18.0. The van der Waals surface area contributed by atoms with E-state index in [4.69, 9.17) is 8.60 Å². The van der Waals surface area contributed by atoms with Crippen molar-refractivity contribution in [3.63, 3.8) is 0 Å². The van der Waals surface area contributed by atoms with Gasteiger partial charge < -0.3 is 4.42 Å². The van der Waals surface area contributed by atoms with Crippen molar-refractivity contribution < 1.29 is 21.4 Å². The number of rotatable bonds is 8. The van der Waals surface area contributed by atoms with Crippen LogP contribution in [0, 0.1) is 5.82 Å². The molecule has 2 heterocycles. The monoisotopic (exact) mass is 485 g/mol. The van der Waals surface area contributed by atoms with Crippen LogP contribution in [-0.4, -0.2) is 35.8 Å². The highest BCUT2D eigenvalue weighted by Crippen LogP contribution is 2.31. The molecular formula is C23H20FN3O6S. The molecule has 2 aromatic carbocycles. The third-order valence-electron chi connectivity index (χ3n) is 4.87. The number of hydrogen-bond donors (Lipinski definition) is 1. The van der Waals surface area contributed by atoms with Crippen LogP contribution in [0.4, 0.5) is 4.39 Å². The smallest absolute Gasteiger partial charge is 0.334 e. The van der Waals surface area contributed by atoms with Crippen molar-refractivity contribution in [1.82, 2.24) is 14.5 Å². The van der Waals surface area contributed by atoms with Crippen molar-refractivity contribution in [2.45, 2.75) is 12.8 Å². The number of nitrogens with one attached hydrogen (secondary N) is 1. The van der Waals surface area contributed by atoms with Crippen LogP contribution in [0.1, 0.15) is 12.0 Å². The maximum atomic E-state index is 13.5. The molecule has 34 heavy (non-hydrogen) atoms. The van der Waals surface area contributed by atoms with Crippen LogP contribution >= 0.6 is 0 Å². The molecule has 0 fully saturated rings. The minimum absolute atomic E-state index is 0.111. The number of halogens is 1. The Morgan fingerprint density at radius 1 is 1.06 bits per heavy atom. The van der Waals surface area contributed by atoms with Crippen molar-refractivity contribution in [1.29, 1.82) is 0 Å². The van der Waals surface area contributed by atoms with Crippen molar-refractivity contribution in [3.05, 3.63) is 93.0 Å². The Kier molecular flexibility index (Phi) is 6.57. The predicted octanol–water partition coefficient (Wildman–Crippen LogP) is 2.90. The molecule has 9 nitrogen and oxygen atoms in total. The molecule has 0 radical (unpaired) electrons. The second-order valence-electron chi connectivity index (χ2n) is 7.46. The molecule has 0 spiro atoms. The lowest BCUT2D eigenvalue weighted by atomic mass is 10.1. The van der Waals surface area contributed by atoms with E-state index in [9.17, 15) is 22.4 Å². The van der Waals surface area contributed by atoms with Crippen LogP contribution in [0.25, 0.3) is 28.6 Å². The van der Waals surface area contributed by atoms with Gasteiger partial charge in [0.05, 0.1) is 12.9 Å². The van der Waals surface area contributed by atoms with Gasteiger partial charge in [0, 0.05) is 22.9 Å². The molecule has 0 bridgehead atoms. The van der Waals surface area contributed by atoms with Gasteiger partial charge in [0.1, 0.15) is 5.82 Å². The minimum Gasteiger partial charge on any atom is -0.434 e. The fourth-order valence-corrected chi connectivity index (χ4v) is 3.71. The summed E-state index contributed by atoms with van der Waals surface area (Å²) in [7, 11) is -3.60. The summed E-state index contributed by atoms with van der Waals surface area (Å²) in [5.74, 6) is 0.115. The summed E-state index contributed by atoms with van der Waals surface area (Å²) in [5, 5.41) is 0. The first-order valence-electron chi connectivity index (χ1n) is 10.2. The average Bonchev–Trinajstić information content (AvgIpc) is 3.23. The fraction of sp³-hybridized carbons (Fsp3) is 0.174. The molecule has 11 heteroatoms. The van der Waals surface area contributed by atoms with Gasteiger partial charge in [-0.25, -0.2) is 13.8 Å². The number of nitrogens with zero attached hydrogens (tertiary/aromatic N) is 2. The largest absolute Gasteiger partial charge is 0.434 e. The molecule has 2 aromatic heterocycles. The summed E-state index contributed by atoms with van der Waals surface area (Å²) in [6.45, 7) is -0.111. The number of H-pyrrole nitrogens is 1. The summed E-state index contributed by atoms with van der Waals surface area (Å²) in [4.78, 5) is 31.8. The Labute approximate surface area is 193 Å². The molecule has 0 aliphatic heterocycles. The number of benzene rings is 2. The SMILES string of the molecule is CS(=O)(=O)OCCCc1cn(-c2nc(-c3ccccc3)oc2-c2ccc(F)cc2)c(=O)[nH]c1=O. The summed E-state index contributed by atoms with van der Waals surface area (Å²) in [5.41, 5.74) is 0.0270. The van der Waals surface area contributed by atoms with Gasteiger partial charge >= 0.3 is 5.69 Å². The zero-order chi connectivity index (χ0) is 24.3. The summed E-state index contributed by atoms with van der Waals surface area (Å²) < 4.78 is 47.6. The normalized spacial score (nSPS) is 11.6. The number of aromatic nitrogens is 3. The highest BCUT2D eigenvalue weighted by Gasteiger charge is 2.20. The van der Waals surface area contributed by atoms with Crippen LogP contribution in [0.5, 0.6) is 0 Å². The molecule has 0 atom stereocenters. The van der Waals surface area contributed by atoms with E-state index in [-0.39, 0.29) is 42.5 Å². The Bertz CT molecular complexity index is 1520. The number of aromatic amines is 1. The van der Waals surface area contributed by atoms with E-state index in [2.05, 4.69) is 9.97 Å². The highest BCUT2D eigenvalue weighted by atomic mass is 32.2. The molecule has 0 aliphatic carbocycles. The topological polar surface area (TPSA) is 124 Å². The van der Waals surface area contributed by atoms with Gasteiger partial charge in [0.2, 0.25) is 5.89 Å². The van der Waals surface area contributed by atoms with Gasteiger partial charge in [-0.15, -0.1) is 0 Å². The molecule has 4 aromatic rings. The summed E-state index contributed by atoms with van der Waals surface area (Å²) >= 11 is 0. The zero-order valence-corrected chi connectivity index (χ0v) is 18.8. The van der Waals surface area contributed by atoms with E-state index in [1.165, 1.54) is 30.5 Å². The van der Waals surface area contributed by atoms with Crippen LogP contribution < -0.4 is 11.2 Å². The fourth-order valence-electron chi connectivity index (χ4n) is 3.29. The van der Waals surface area contributed by atoms with Crippen LogP contribution in [0.15, 0.2) is 74.8 Å². The van der Waals surface area contributed by atoms with Crippen LogP contribution in [0.2, 0.25) is 0 Å². The Morgan fingerprint density at radius 3 is 2.44 bits per heavy atom. The van der Waals surface area contributed by atoms with Crippen molar-refractivity contribution in [2.75, 3.05) is 12.9 Å². The highest BCUT2D eigenvalue weighted by molar-refractivity contribution is 7.85. The first kappa shape index (κ1) is 23.3. The van der Waals surface area contributed by atoms with E-state index in [0.717, 1.165) is 10.8 Å². The molecule has 1 N–H and O–H groups in total. The molecule has 4 rings (SSSR count). The number of aryl methyl sites for hydroxylation is 1. The number of hydrogen-bond acceptors (Lipinski definition) is 7. The van der Waals surface area contributed by atoms with E-state index in [1.807, 2.05) is 6.07 Å². The third kappa shape index (κ3) is 5.38. The lowest BCUT2D eigenvalue weighted by Gasteiger charge is -2.07. The van der Waals surface area contributed by atoms with Crippen molar-refractivity contribution in [3.8, 4) is 28.6 Å². The summed E-state index contributed by atoms with van der Waals surface area (Å²) in [6.07, 6.45) is 2.65. The maximum Gasteiger partial charge on any atom is 0.334 e. The van der Waals surface area contributed by atoms with Gasteiger partial charge in [-0.2, -0.15) is 13.4 Å². The maximum absolute atomic E-state index is 13.5. The van der Waals surface area contributed by atoms with Gasteiger partial charge in [-0.1, -0.05) is 18.2 Å². The Morgan fingerprint density at radius 2 is 1.76 bits per heavy atom. The number of oxazole rings is 1.